The van der Waals surface area contributed by atoms with Crippen LogP contribution in [0, 0.1) is 0 Å². The first-order chi connectivity index (χ1) is 33.2. The van der Waals surface area contributed by atoms with Crippen molar-refractivity contribution in [1.29, 1.82) is 0 Å². The molecule has 0 aliphatic heterocycles. The second-order valence-corrected chi connectivity index (χ2v) is 27.0. The van der Waals surface area contributed by atoms with Crippen molar-refractivity contribution in [3.8, 4) is 28.4 Å². The average Bonchev–Trinajstić information content (AvgIpc) is 3.44. The minimum absolute atomic E-state index is 0.348. The average molecular weight is 1190 g/mol. The van der Waals surface area contributed by atoms with E-state index in [1.54, 1.807) is 101 Å². The van der Waals surface area contributed by atoms with E-state index in [1.807, 2.05) is 66.7 Å². The van der Waals surface area contributed by atoms with Gasteiger partial charge in [-0.2, -0.15) is 0 Å². The van der Waals surface area contributed by atoms with Gasteiger partial charge < -0.3 is 0 Å². The summed E-state index contributed by atoms with van der Waals surface area (Å²) in [6, 6.07) is 28.8. The fraction of sp³-hybridized carbons (Fsp3) is 0.333. The van der Waals surface area contributed by atoms with Crippen molar-refractivity contribution >= 4 is 82.9 Å². The molecule has 6 rings (SSSR count). The van der Waals surface area contributed by atoms with E-state index < -0.39 is 88.9 Å². The van der Waals surface area contributed by atoms with Crippen LogP contribution in [-0.2, 0) is 23.7 Å². The Hall–Kier alpha value is -5.76. The molecule has 14 heteroatoms. The van der Waals surface area contributed by atoms with E-state index >= 15 is 0 Å². The number of benzene rings is 4. The van der Waals surface area contributed by atoms with E-state index in [9.17, 15) is 19.2 Å². The molecule has 4 aromatic carbocycles. The van der Waals surface area contributed by atoms with E-state index in [2.05, 4.69) is 36.4 Å². The zero-order chi connectivity index (χ0) is 51.7. The molecule has 0 heterocycles. The molecule has 0 amide bonds. The van der Waals surface area contributed by atoms with Crippen LogP contribution in [0.4, 0.5) is 19.2 Å². The van der Waals surface area contributed by atoms with Gasteiger partial charge in [0, 0.05) is 0 Å². The molecule has 0 N–H and O–H groups in total. The molecule has 0 aromatic heterocycles. The predicted octanol–water partition coefficient (Wildman–Crippen LogP) is 12.1. The Morgan fingerprint density at radius 1 is 0.479 bits per heavy atom. The monoisotopic (exact) mass is 1200 g/mol. The number of hydrogen-bond acceptors (Lipinski definition) is 12. The third-order valence-corrected chi connectivity index (χ3v) is 15.3. The maximum atomic E-state index is 13.3. The van der Waals surface area contributed by atoms with Gasteiger partial charge in [-0.05, 0) is 0 Å². The number of carbonyl (C=O) groups excluding carboxylic acids is 4. The number of ether oxygens (including phenoxy) is 8. The molecule has 0 spiro atoms. The van der Waals surface area contributed by atoms with Crippen molar-refractivity contribution in [3.63, 3.8) is 0 Å². The number of hydrogen-bond donors (Lipinski definition) is 0. The molecule has 374 valence electrons. The summed E-state index contributed by atoms with van der Waals surface area (Å²) in [4.78, 5) is 51.7. The standard InChI is InChI=1S/C57H62O12Te2/c1-54(2,3)66-50(58)62-39-24-26-40(27-25-39)70-42-28-31-49(65-53(61)69-57(10,11)12)46(35-42)38-21-16-20-37(32-38)45-33-41(22-17-23-47(45)63-51(59)67-55(4,5)6)71-43-29-30-48(64-52(60)68-56(7,8)9)44(34-43)36-18-14-13-15-19-36/h13-15,18-20,22-35H,16-17,21H2,1-12H3. The third-order valence-electron chi connectivity index (χ3n) is 9.56. The fourth-order valence-electron chi connectivity index (χ4n) is 6.87. The van der Waals surface area contributed by atoms with Crippen molar-refractivity contribution in [3.05, 3.63) is 147 Å². The Morgan fingerprint density at radius 3 is 1.54 bits per heavy atom. The van der Waals surface area contributed by atoms with Gasteiger partial charge in [-0.15, -0.1) is 0 Å². The van der Waals surface area contributed by atoms with Gasteiger partial charge in [0.2, 0.25) is 0 Å². The molecule has 0 bridgehead atoms. The normalized spacial score (nSPS) is 14.2. The van der Waals surface area contributed by atoms with Crippen molar-refractivity contribution in [2.45, 2.75) is 125 Å². The molecule has 12 nitrogen and oxygen atoms in total. The summed E-state index contributed by atoms with van der Waals surface area (Å²) in [5, 5.41) is 0. The van der Waals surface area contributed by atoms with Gasteiger partial charge in [-0.1, -0.05) is 0 Å². The predicted molar refractivity (Wildman–Crippen MR) is 277 cm³/mol. The van der Waals surface area contributed by atoms with E-state index in [0.717, 1.165) is 42.3 Å². The molecule has 0 unspecified atom stereocenters. The molecular formula is C57H62O12Te2. The van der Waals surface area contributed by atoms with Crippen molar-refractivity contribution in [2.75, 3.05) is 0 Å². The summed E-state index contributed by atoms with van der Waals surface area (Å²) < 4.78 is 49.5. The second kappa shape index (κ2) is 23.2. The van der Waals surface area contributed by atoms with Crippen LogP contribution in [0.3, 0.4) is 0 Å². The van der Waals surface area contributed by atoms with Crippen LogP contribution in [0.15, 0.2) is 142 Å². The molecule has 4 aromatic rings. The van der Waals surface area contributed by atoms with Crippen molar-refractivity contribution in [1.82, 2.24) is 0 Å². The zero-order valence-electron chi connectivity index (χ0n) is 42.4. The Labute approximate surface area is 437 Å². The molecule has 71 heavy (non-hydrogen) atoms. The first kappa shape index (κ1) is 54.6. The van der Waals surface area contributed by atoms with E-state index in [-0.39, 0.29) is 0 Å². The zero-order valence-corrected chi connectivity index (χ0v) is 47.0. The Morgan fingerprint density at radius 2 is 0.972 bits per heavy atom. The molecule has 0 radical (unpaired) electrons. The number of allylic oxidation sites excluding steroid dienone is 8. The molecule has 0 atom stereocenters. The van der Waals surface area contributed by atoms with Gasteiger partial charge in [0.1, 0.15) is 0 Å². The van der Waals surface area contributed by atoms with E-state index in [1.165, 1.54) is 0 Å². The first-order valence-corrected chi connectivity index (χ1v) is 27.9. The van der Waals surface area contributed by atoms with Crippen LogP contribution in [0.25, 0.3) is 16.7 Å². The number of carbonyl (C=O) groups is 4. The fourth-order valence-corrected chi connectivity index (χ4v) is 12.0. The van der Waals surface area contributed by atoms with Gasteiger partial charge in [0.05, 0.1) is 0 Å². The Balaban J connectivity index is 1.36. The molecule has 2 aliphatic carbocycles. The maximum absolute atomic E-state index is 13.3. The van der Waals surface area contributed by atoms with Crippen molar-refractivity contribution in [2.24, 2.45) is 0 Å². The van der Waals surface area contributed by atoms with Crippen LogP contribution in [-0.4, -0.2) is 88.9 Å². The Bertz CT molecular complexity index is 2770. The topological polar surface area (TPSA) is 142 Å². The van der Waals surface area contributed by atoms with Crippen LogP contribution >= 0.6 is 0 Å². The Kier molecular flexibility index (Phi) is 17.8. The van der Waals surface area contributed by atoms with Crippen LogP contribution in [0.2, 0.25) is 0 Å². The molecule has 0 saturated carbocycles. The summed E-state index contributed by atoms with van der Waals surface area (Å²) in [7, 11) is 0. The summed E-state index contributed by atoms with van der Waals surface area (Å²) in [5.74, 6) is 1.47. The molecule has 0 fully saturated rings. The molecule has 0 saturated heterocycles. The van der Waals surface area contributed by atoms with Crippen LogP contribution in [0.1, 0.15) is 108 Å². The van der Waals surface area contributed by atoms with E-state index in [0.29, 0.717) is 47.8 Å². The van der Waals surface area contributed by atoms with Gasteiger partial charge in [0.15, 0.2) is 0 Å². The summed E-state index contributed by atoms with van der Waals surface area (Å²) in [6.07, 6.45) is 8.85. The van der Waals surface area contributed by atoms with Gasteiger partial charge in [-0.3, -0.25) is 0 Å². The van der Waals surface area contributed by atoms with Crippen LogP contribution < -0.4 is 25.0 Å². The summed E-state index contributed by atoms with van der Waals surface area (Å²) in [6.45, 7) is 21.4. The van der Waals surface area contributed by atoms with Gasteiger partial charge >= 0.3 is 441 Å². The number of rotatable bonds is 11. The van der Waals surface area contributed by atoms with Gasteiger partial charge in [-0.25, -0.2) is 0 Å². The van der Waals surface area contributed by atoms with Crippen molar-refractivity contribution < 1.29 is 57.1 Å². The van der Waals surface area contributed by atoms with E-state index in [4.69, 9.17) is 37.9 Å². The van der Waals surface area contributed by atoms with Gasteiger partial charge in [0.25, 0.3) is 0 Å². The molecular weight excluding hydrogens is 1130 g/mol. The van der Waals surface area contributed by atoms with Crippen LogP contribution in [0.5, 0.6) is 17.2 Å². The second-order valence-electron chi connectivity index (χ2n) is 20.5. The third kappa shape index (κ3) is 17.8. The molecule has 2 aliphatic rings. The summed E-state index contributed by atoms with van der Waals surface area (Å²) >= 11 is -2.08. The quantitative estimate of drug-likeness (QED) is 0.0610. The SMILES string of the molecule is CC(C)(C)OC(=O)OC1=CCC=C([Te]c2ccc(OC(=O)OC(C)(C)C)c(-c3ccccc3)c2)C=C1C1=CCCC(c2cc([Te]c3ccc(OC(=O)OC(C)(C)C)cc3)ccc2OC(=O)OC(C)(C)C)=C1. The summed E-state index contributed by atoms with van der Waals surface area (Å²) in [5.41, 5.74) is 1.82. The first-order valence-electron chi connectivity index (χ1n) is 23.2. The minimum atomic E-state index is -1.10.